The Kier molecular flexibility index (Phi) is 3.93. The van der Waals surface area contributed by atoms with Crippen LogP contribution in [0.4, 0.5) is 5.69 Å². The Morgan fingerprint density at radius 3 is 2.72 bits per heavy atom. The smallest absolute Gasteiger partial charge is 0.253 e. The van der Waals surface area contributed by atoms with E-state index in [0.717, 1.165) is 9.10 Å². The maximum atomic E-state index is 11.9. The summed E-state index contributed by atoms with van der Waals surface area (Å²) in [5.41, 5.74) is 7.30. The highest BCUT2D eigenvalue weighted by molar-refractivity contribution is 8.01. The third kappa shape index (κ3) is 2.86. The van der Waals surface area contributed by atoms with Gasteiger partial charge >= 0.3 is 0 Å². The predicted molar refractivity (Wildman–Crippen MR) is 77.3 cm³/mol. The van der Waals surface area contributed by atoms with Crippen LogP contribution < -0.4 is 5.73 Å². The Morgan fingerprint density at radius 2 is 2.11 bits per heavy atom. The van der Waals surface area contributed by atoms with Crippen molar-refractivity contribution in [3.63, 3.8) is 0 Å². The summed E-state index contributed by atoms with van der Waals surface area (Å²) in [4.78, 5) is 14.4. The molecule has 5 heteroatoms. The molecule has 2 N–H and O–H groups in total. The molecule has 0 aliphatic rings. The van der Waals surface area contributed by atoms with Crippen LogP contribution in [-0.2, 0) is 0 Å². The molecule has 3 nitrogen and oxygen atoms in total. The van der Waals surface area contributed by atoms with Crippen LogP contribution >= 0.6 is 23.1 Å². The van der Waals surface area contributed by atoms with Crippen LogP contribution in [0, 0.1) is 0 Å². The average molecular weight is 278 g/mol. The highest BCUT2D eigenvalue weighted by atomic mass is 32.2. The minimum atomic E-state index is -0.0111. The van der Waals surface area contributed by atoms with Gasteiger partial charge in [-0.25, -0.2) is 0 Å². The van der Waals surface area contributed by atoms with Crippen LogP contribution in [0.25, 0.3) is 0 Å². The zero-order valence-electron chi connectivity index (χ0n) is 10.2. The van der Waals surface area contributed by atoms with Gasteiger partial charge in [0.15, 0.2) is 0 Å². The molecule has 1 aromatic carbocycles. The van der Waals surface area contributed by atoms with Crippen molar-refractivity contribution in [1.29, 1.82) is 0 Å². The summed E-state index contributed by atoms with van der Waals surface area (Å²) in [6, 6.07) is 9.43. The SMILES string of the molecule is CN(C)C(=O)c1ccc(N)c(Sc2cccs2)c1. The minimum absolute atomic E-state index is 0.0111. The molecule has 94 valence electrons. The van der Waals surface area contributed by atoms with Gasteiger partial charge in [0.1, 0.15) is 0 Å². The zero-order chi connectivity index (χ0) is 13.1. The lowest BCUT2D eigenvalue weighted by molar-refractivity contribution is 0.0827. The third-order valence-corrected chi connectivity index (χ3v) is 4.48. The Hall–Kier alpha value is -1.46. The summed E-state index contributed by atoms with van der Waals surface area (Å²) in [5.74, 6) is -0.0111. The molecule has 0 fully saturated rings. The number of carbonyl (C=O) groups excluding carboxylic acids is 1. The van der Waals surface area contributed by atoms with E-state index in [1.54, 1.807) is 54.2 Å². The monoisotopic (exact) mass is 278 g/mol. The van der Waals surface area contributed by atoms with E-state index in [9.17, 15) is 4.79 Å². The molecule has 2 rings (SSSR count). The van der Waals surface area contributed by atoms with Gasteiger partial charge in [-0.15, -0.1) is 11.3 Å². The van der Waals surface area contributed by atoms with Gasteiger partial charge in [-0.05, 0) is 29.6 Å². The van der Waals surface area contributed by atoms with Gasteiger partial charge in [-0.1, -0.05) is 17.8 Å². The van der Waals surface area contributed by atoms with E-state index < -0.39 is 0 Å². The highest BCUT2D eigenvalue weighted by Gasteiger charge is 2.11. The first-order valence-electron chi connectivity index (χ1n) is 5.40. The predicted octanol–water partition coefficient (Wildman–Crippen LogP) is 3.18. The topological polar surface area (TPSA) is 46.3 Å². The molecule has 1 aromatic heterocycles. The molecule has 0 bridgehead atoms. The van der Waals surface area contributed by atoms with Gasteiger partial charge in [-0.2, -0.15) is 0 Å². The number of hydrogen-bond donors (Lipinski definition) is 1. The Bertz CT molecular complexity index is 550. The van der Waals surface area contributed by atoms with E-state index in [-0.39, 0.29) is 5.91 Å². The molecule has 0 unspecified atom stereocenters. The number of rotatable bonds is 3. The largest absolute Gasteiger partial charge is 0.398 e. The first kappa shape index (κ1) is 13.0. The highest BCUT2D eigenvalue weighted by Crippen LogP contribution is 2.35. The van der Waals surface area contributed by atoms with Crippen molar-refractivity contribution in [2.45, 2.75) is 9.10 Å². The summed E-state index contributed by atoms with van der Waals surface area (Å²) in [6.07, 6.45) is 0. The van der Waals surface area contributed by atoms with Gasteiger partial charge in [0, 0.05) is 30.2 Å². The first-order chi connectivity index (χ1) is 8.58. The second kappa shape index (κ2) is 5.46. The maximum absolute atomic E-state index is 11.9. The third-order valence-electron chi connectivity index (χ3n) is 2.37. The Labute approximate surface area is 115 Å². The van der Waals surface area contributed by atoms with E-state index >= 15 is 0 Å². The summed E-state index contributed by atoms with van der Waals surface area (Å²) in [7, 11) is 3.48. The van der Waals surface area contributed by atoms with Crippen LogP contribution in [0.5, 0.6) is 0 Å². The van der Waals surface area contributed by atoms with Crippen molar-refractivity contribution in [1.82, 2.24) is 4.90 Å². The Balaban J connectivity index is 2.30. The lowest BCUT2D eigenvalue weighted by Crippen LogP contribution is -2.21. The molecule has 0 radical (unpaired) electrons. The van der Waals surface area contributed by atoms with Crippen molar-refractivity contribution in [2.75, 3.05) is 19.8 Å². The average Bonchev–Trinajstić information content (AvgIpc) is 2.84. The number of carbonyl (C=O) groups is 1. The van der Waals surface area contributed by atoms with Crippen LogP contribution in [-0.4, -0.2) is 24.9 Å². The fraction of sp³-hybridized carbons (Fsp3) is 0.154. The maximum Gasteiger partial charge on any atom is 0.253 e. The quantitative estimate of drug-likeness (QED) is 0.877. The lowest BCUT2D eigenvalue weighted by atomic mass is 10.2. The second-order valence-corrected chi connectivity index (χ2v) is 6.28. The summed E-state index contributed by atoms with van der Waals surface area (Å²) < 4.78 is 1.16. The second-order valence-electron chi connectivity index (χ2n) is 3.99. The fourth-order valence-electron chi connectivity index (χ4n) is 1.44. The molecule has 2 aromatic rings. The molecular formula is C13H14N2OS2. The number of nitrogen functional groups attached to an aromatic ring is 1. The number of amides is 1. The number of thiophene rings is 1. The van der Waals surface area contributed by atoms with Crippen LogP contribution in [0.3, 0.4) is 0 Å². The van der Waals surface area contributed by atoms with Gasteiger partial charge in [0.2, 0.25) is 0 Å². The molecule has 0 atom stereocenters. The molecule has 18 heavy (non-hydrogen) atoms. The van der Waals surface area contributed by atoms with Gasteiger partial charge in [0.25, 0.3) is 5.91 Å². The summed E-state index contributed by atoms with van der Waals surface area (Å²) >= 11 is 3.25. The lowest BCUT2D eigenvalue weighted by Gasteiger charge is -2.12. The van der Waals surface area contributed by atoms with Gasteiger partial charge < -0.3 is 10.6 Å². The van der Waals surface area contributed by atoms with E-state index in [1.807, 2.05) is 23.6 Å². The summed E-state index contributed by atoms with van der Waals surface area (Å²) in [5, 5.41) is 2.02. The zero-order valence-corrected chi connectivity index (χ0v) is 11.8. The normalized spacial score (nSPS) is 10.3. The number of nitrogens with zero attached hydrogens (tertiary/aromatic N) is 1. The van der Waals surface area contributed by atoms with Crippen LogP contribution in [0.1, 0.15) is 10.4 Å². The van der Waals surface area contributed by atoms with Crippen molar-refractivity contribution in [3.05, 3.63) is 41.3 Å². The van der Waals surface area contributed by atoms with Crippen molar-refractivity contribution < 1.29 is 4.79 Å². The molecule has 0 saturated carbocycles. The molecular weight excluding hydrogens is 264 g/mol. The molecule has 0 aliphatic carbocycles. The van der Waals surface area contributed by atoms with Crippen molar-refractivity contribution in [2.24, 2.45) is 0 Å². The van der Waals surface area contributed by atoms with Gasteiger partial charge in [0.05, 0.1) is 4.21 Å². The number of hydrogen-bond acceptors (Lipinski definition) is 4. The first-order valence-corrected chi connectivity index (χ1v) is 7.10. The molecule has 0 saturated heterocycles. The standard InChI is InChI=1S/C13H14N2OS2/c1-15(2)13(16)9-5-6-10(14)11(8-9)18-12-4-3-7-17-12/h3-8H,14H2,1-2H3. The van der Waals surface area contributed by atoms with E-state index in [4.69, 9.17) is 5.73 Å². The molecule has 0 spiro atoms. The Morgan fingerprint density at radius 1 is 1.33 bits per heavy atom. The number of nitrogens with two attached hydrogens (primary N) is 1. The molecule has 1 amide bonds. The van der Waals surface area contributed by atoms with Crippen molar-refractivity contribution >= 4 is 34.7 Å². The summed E-state index contributed by atoms with van der Waals surface area (Å²) in [6.45, 7) is 0. The number of benzene rings is 1. The van der Waals surface area contributed by atoms with E-state index in [0.29, 0.717) is 11.3 Å². The van der Waals surface area contributed by atoms with Crippen molar-refractivity contribution in [3.8, 4) is 0 Å². The fourth-order valence-corrected chi connectivity index (χ4v) is 3.26. The molecule has 1 heterocycles. The minimum Gasteiger partial charge on any atom is -0.398 e. The molecule has 0 aliphatic heterocycles. The van der Waals surface area contributed by atoms with Crippen LogP contribution in [0.2, 0.25) is 0 Å². The van der Waals surface area contributed by atoms with E-state index in [2.05, 4.69) is 0 Å². The van der Waals surface area contributed by atoms with E-state index in [1.165, 1.54) is 0 Å². The van der Waals surface area contributed by atoms with Crippen LogP contribution in [0.15, 0.2) is 44.8 Å². The van der Waals surface area contributed by atoms with Gasteiger partial charge in [-0.3, -0.25) is 4.79 Å². The number of anilines is 1.